The van der Waals surface area contributed by atoms with Crippen LogP contribution in [0.5, 0.6) is 0 Å². The standard InChI is InChI=1S/C16H13N5O3/c1-18-11-3-4-13(10(5-11)7-17)15(22)21-14(16(23)24-2)6-12-8-19-9-20-12/h1,3-5,8-9,14H,6H2,2H3,(H-,19,20,21,22)/p+1/t14-/m1/s1. The van der Waals surface area contributed by atoms with Crippen molar-refractivity contribution in [2.24, 2.45) is 0 Å². The third-order valence-corrected chi connectivity index (χ3v) is 3.29. The average molecular weight is 324 g/mol. The lowest BCUT2D eigenvalue weighted by molar-refractivity contribution is -0.142. The molecule has 8 nitrogen and oxygen atoms in total. The number of carbonyl (C=O) groups excluding carboxylic acids is 2. The molecule has 2 N–H and O–H groups in total. The third-order valence-electron chi connectivity index (χ3n) is 3.29. The lowest BCUT2D eigenvalue weighted by Crippen LogP contribution is -2.43. The van der Waals surface area contributed by atoms with Crippen molar-refractivity contribution in [2.75, 3.05) is 7.11 Å². The summed E-state index contributed by atoms with van der Waals surface area (Å²) >= 11 is 0. The predicted molar refractivity (Wildman–Crippen MR) is 84.7 cm³/mol. The number of esters is 1. The van der Waals surface area contributed by atoms with Gasteiger partial charge in [0.25, 0.3) is 12.5 Å². The summed E-state index contributed by atoms with van der Waals surface area (Å²) in [7, 11) is 1.23. The molecule has 2 aromatic rings. The third kappa shape index (κ3) is 3.76. The van der Waals surface area contributed by atoms with Gasteiger partial charge in [0.05, 0.1) is 24.6 Å². The summed E-state index contributed by atoms with van der Waals surface area (Å²) in [4.78, 5) is 34.5. The van der Waals surface area contributed by atoms with Gasteiger partial charge in [0, 0.05) is 30.4 Å². The molecule has 0 aliphatic carbocycles. The summed E-state index contributed by atoms with van der Waals surface area (Å²) in [5, 5.41) is 11.7. The molecule has 0 aliphatic rings. The first-order valence-electron chi connectivity index (χ1n) is 6.90. The van der Waals surface area contributed by atoms with Gasteiger partial charge in [0.1, 0.15) is 12.1 Å². The highest BCUT2D eigenvalue weighted by Gasteiger charge is 2.25. The molecular weight excluding hydrogens is 310 g/mol. The molecule has 0 bridgehead atoms. The number of ether oxygens (including phenoxy) is 1. The summed E-state index contributed by atoms with van der Waals surface area (Å²) in [5.74, 6) is -1.19. The highest BCUT2D eigenvalue weighted by atomic mass is 16.5. The lowest BCUT2D eigenvalue weighted by Gasteiger charge is -2.16. The van der Waals surface area contributed by atoms with E-state index in [4.69, 9.17) is 16.6 Å². The Bertz CT molecular complexity index is 830. The number of methoxy groups -OCH3 is 1. The van der Waals surface area contributed by atoms with Gasteiger partial charge in [0.2, 0.25) is 0 Å². The van der Waals surface area contributed by atoms with E-state index in [9.17, 15) is 9.59 Å². The largest absolute Gasteiger partial charge is 0.467 e. The van der Waals surface area contributed by atoms with Crippen molar-refractivity contribution in [1.82, 2.24) is 15.3 Å². The Labute approximate surface area is 137 Å². The van der Waals surface area contributed by atoms with Gasteiger partial charge in [-0.15, -0.1) is 0 Å². The molecule has 0 saturated carbocycles. The van der Waals surface area contributed by atoms with E-state index in [0.717, 1.165) is 0 Å². The van der Waals surface area contributed by atoms with Gasteiger partial charge in [0.15, 0.2) is 0 Å². The zero-order valence-electron chi connectivity index (χ0n) is 12.8. The van der Waals surface area contributed by atoms with Crippen LogP contribution in [-0.2, 0) is 16.0 Å². The van der Waals surface area contributed by atoms with Crippen molar-refractivity contribution in [3.63, 3.8) is 0 Å². The molecule has 1 heterocycles. The Kier molecular flexibility index (Phi) is 5.27. The number of carbonyl (C=O) groups is 2. The summed E-state index contributed by atoms with van der Waals surface area (Å²) in [6, 6.07) is 5.29. The molecule has 1 amide bonds. The Balaban J connectivity index is 2.23. The molecule has 0 aliphatic heterocycles. The van der Waals surface area contributed by atoms with Crippen molar-refractivity contribution in [1.29, 1.82) is 5.26 Å². The van der Waals surface area contributed by atoms with E-state index in [1.807, 2.05) is 6.07 Å². The molecule has 2 rings (SSSR count). The smallest absolute Gasteiger partial charge is 0.341 e. The number of amides is 1. The van der Waals surface area contributed by atoms with E-state index >= 15 is 0 Å². The van der Waals surface area contributed by atoms with Crippen LogP contribution in [0.1, 0.15) is 21.6 Å². The van der Waals surface area contributed by atoms with Crippen molar-refractivity contribution in [3.8, 4) is 12.6 Å². The highest BCUT2D eigenvalue weighted by molar-refractivity contribution is 5.99. The fourth-order valence-corrected chi connectivity index (χ4v) is 2.09. The van der Waals surface area contributed by atoms with Gasteiger partial charge in [-0.2, -0.15) is 5.26 Å². The quantitative estimate of drug-likeness (QED) is 0.807. The zero-order valence-corrected chi connectivity index (χ0v) is 12.8. The number of aromatic amines is 1. The highest BCUT2D eigenvalue weighted by Crippen LogP contribution is 2.18. The lowest BCUT2D eigenvalue weighted by atomic mass is 10.1. The normalized spacial score (nSPS) is 11.0. The van der Waals surface area contributed by atoms with Crippen LogP contribution in [0, 0.1) is 17.9 Å². The molecule has 0 radical (unpaired) electrons. The Morgan fingerprint density at radius 1 is 1.54 bits per heavy atom. The van der Waals surface area contributed by atoms with Crippen LogP contribution >= 0.6 is 0 Å². The maximum atomic E-state index is 12.4. The second-order valence-electron chi connectivity index (χ2n) is 4.80. The summed E-state index contributed by atoms with van der Waals surface area (Å²) in [5.41, 5.74) is 1.24. The van der Waals surface area contributed by atoms with Gasteiger partial charge in [-0.05, 0) is 10.9 Å². The fourth-order valence-electron chi connectivity index (χ4n) is 2.09. The van der Waals surface area contributed by atoms with Crippen molar-refractivity contribution >= 4 is 17.6 Å². The molecule has 0 unspecified atom stereocenters. The summed E-state index contributed by atoms with van der Waals surface area (Å²) in [6.07, 6.45) is 3.19. The van der Waals surface area contributed by atoms with Crippen LogP contribution in [0.25, 0.3) is 4.85 Å². The van der Waals surface area contributed by atoms with Gasteiger partial charge in [-0.25, -0.2) is 9.78 Å². The first-order chi connectivity index (χ1) is 11.6. The zero-order chi connectivity index (χ0) is 17.5. The van der Waals surface area contributed by atoms with Crippen LogP contribution < -0.4 is 5.32 Å². The van der Waals surface area contributed by atoms with Crippen LogP contribution in [0.15, 0.2) is 30.7 Å². The van der Waals surface area contributed by atoms with Gasteiger partial charge >= 0.3 is 11.7 Å². The second kappa shape index (κ2) is 7.56. The van der Waals surface area contributed by atoms with E-state index in [1.54, 1.807) is 6.20 Å². The molecule has 0 saturated heterocycles. The van der Waals surface area contributed by atoms with E-state index in [2.05, 4.69) is 20.1 Å². The number of H-pyrrole nitrogens is 1. The molecule has 0 fully saturated rings. The summed E-state index contributed by atoms with van der Waals surface area (Å²) < 4.78 is 4.71. The van der Waals surface area contributed by atoms with Crippen molar-refractivity contribution in [2.45, 2.75) is 12.5 Å². The van der Waals surface area contributed by atoms with Gasteiger partial charge in [-0.1, -0.05) is 0 Å². The van der Waals surface area contributed by atoms with Gasteiger partial charge in [-0.3, -0.25) is 4.79 Å². The van der Waals surface area contributed by atoms with Gasteiger partial charge < -0.3 is 15.0 Å². The predicted octanol–water partition coefficient (Wildman–Crippen LogP) is 1.39. The molecule has 0 spiro atoms. The SMILES string of the molecule is C#[N+]c1ccc(C(=O)N[C@H](Cc2cnc[nH]2)C(=O)OC)c(C#N)c1. The van der Waals surface area contributed by atoms with Crippen LogP contribution in [0.3, 0.4) is 0 Å². The van der Waals surface area contributed by atoms with E-state index in [0.29, 0.717) is 11.4 Å². The molecule has 1 aromatic carbocycles. The number of hydrogen-bond donors (Lipinski definition) is 2. The maximum Gasteiger partial charge on any atom is 0.341 e. The first kappa shape index (κ1) is 16.7. The minimum Gasteiger partial charge on any atom is -0.467 e. The number of aromatic nitrogens is 2. The number of hydrogen-bond acceptors (Lipinski definition) is 5. The fraction of sp³-hybridized carbons (Fsp3) is 0.188. The van der Waals surface area contributed by atoms with E-state index in [1.165, 1.54) is 31.6 Å². The molecule has 120 valence electrons. The van der Waals surface area contributed by atoms with Crippen LogP contribution in [-0.4, -0.2) is 35.0 Å². The number of imidazole rings is 1. The van der Waals surface area contributed by atoms with Crippen LogP contribution in [0.2, 0.25) is 0 Å². The maximum absolute atomic E-state index is 12.4. The molecular formula is C16H14N5O3+. The average Bonchev–Trinajstić information content (AvgIpc) is 3.12. The topological polar surface area (TPSA) is 112 Å². The Morgan fingerprint density at radius 2 is 2.33 bits per heavy atom. The van der Waals surface area contributed by atoms with Crippen molar-refractivity contribution < 1.29 is 14.3 Å². The molecule has 1 aromatic heterocycles. The number of nitriles is 1. The number of nitrogens with zero attached hydrogens (tertiary/aromatic N) is 3. The van der Waals surface area contributed by atoms with E-state index in [-0.39, 0.29) is 17.5 Å². The Hall–Kier alpha value is -3.65. The second-order valence-corrected chi connectivity index (χ2v) is 4.80. The minimum absolute atomic E-state index is 0.101. The monoisotopic (exact) mass is 324 g/mol. The molecule has 24 heavy (non-hydrogen) atoms. The van der Waals surface area contributed by atoms with Crippen molar-refractivity contribution in [3.05, 3.63) is 52.4 Å². The Morgan fingerprint density at radius 3 is 2.92 bits per heavy atom. The number of rotatable bonds is 5. The van der Waals surface area contributed by atoms with E-state index < -0.39 is 17.9 Å². The minimum atomic E-state index is -0.923. The first-order valence-corrected chi connectivity index (χ1v) is 6.90. The number of nitrogens with one attached hydrogen (secondary N) is 2. The van der Waals surface area contributed by atoms with Crippen LogP contribution in [0.4, 0.5) is 5.69 Å². The molecule has 1 atom stereocenters. The summed E-state index contributed by atoms with van der Waals surface area (Å²) in [6.45, 7) is 5.16. The number of benzene rings is 1. The molecule has 8 heteroatoms.